The Labute approximate surface area is 67.5 Å². The second-order valence-corrected chi connectivity index (χ2v) is 3.51. The molecule has 3 N–H and O–H groups in total. The highest BCUT2D eigenvalue weighted by Crippen LogP contribution is 2.25. The number of hydrogen-bond donors (Lipinski definition) is 2. The van der Waals surface area contributed by atoms with E-state index in [9.17, 15) is 4.79 Å². The van der Waals surface area contributed by atoms with Crippen LogP contribution < -0.4 is 10.6 Å². The number of piperidine rings is 1. The fraction of sp³-hybridized carbons (Fsp3) is 0.875. The van der Waals surface area contributed by atoms with Crippen molar-refractivity contribution in [2.24, 2.45) is 5.41 Å². The molecule has 1 heterocycles. The van der Waals surface area contributed by atoms with Gasteiger partial charge >= 0.3 is 0 Å². The number of amides is 1. The Morgan fingerprint density at radius 2 is 2.00 bits per heavy atom. The number of hydrogen-bond acceptors (Lipinski definition) is 1. The van der Waals surface area contributed by atoms with Crippen molar-refractivity contribution in [2.75, 3.05) is 20.1 Å². The van der Waals surface area contributed by atoms with Crippen molar-refractivity contribution in [2.45, 2.75) is 19.8 Å². The molecule has 0 atom stereocenters. The molecule has 0 radical (unpaired) electrons. The van der Waals surface area contributed by atoms with Crippen molar-refractivity contribution in [3.05, 3.63) is 0 Å². The van der Waals surface area contributed by atoms with Crippen LogP contribution in [-0.4, -0.2) is 26.0 Å². The number of rotatable bonds is 1. The minimum Gasteiger partial charge on any atom is -0.359 e. The minimum atomic E-state index is -0.0937. The van der Waals surface area contributed by atoms with Gasteiger partial charge in [-0.2, -0.15) is 0 Å². The Kier molecular flexibility index (Phi) is 2.49. The largest absolute Gasteiger partial charge is 0.359 e. The Bertz CT molecular complexity index is 150. The molecule has 3 nitrogen and oxygen atoms in total. The van der Waals surface area contributed by atoms with Gasteiger partial charge in [0.25, 0.3) is 0 Å². The van der Waals surface area contributed by atoms with E-state index in [1.165, 1.54) is 0 Å². The highest BCUT2D eigenvalue weighted by atomic mass is 16.2. The fourth-order valence-electron chi connectivity index (χ4n) is 1.64. The topological polar surface area (TPSA) is 45.7 Å². The van der Waals surface area contributed by atoms with Gasteiger partial charge in [0.2, 0.25) is 5.91 Å². The first-order chi connectivity index (χ1) is 5.19. The third-order valence-corrected chi connectivity index (χ3v) is 2.58. The summed E-state index contributed by atoms with van der Waals surface area (Å²) < 4.78 is 0. The van der Waals surface area contributed by atoms with E-state index in [1.54, 1.807) is 7.05 Å². The lowest BCUT2D eigenvalue weighted by molar-refractivity contribution is -0.666. The predicted molar refractivity (Wildman–Crippen MR) is 43.1 cm³/mol. The summed E-state index contributed by atoms with van der Waals surface area (Å²) in [6.07, 6.45) is 2.01. The molecule has 3 heteroatoms. The molecule has 1 aliphatic heterocycles. The van der Waals surface area contributed by atoms with Crippen LogP contribution in [0.4, 0.5) is 0 Å². The Morgan fingerprint density at radius 1 is 1.45 bits per heavy atom. The lowest BCUT2D eigenvalue weighted by atomic mass is 9.80. The summed E-state index contributed by atoms with van der Waals surface area (Å²) in [5.41, 5.74) is -0.0937. The summed E-state index contributed by atoms with van der Waals surface area (Å²) >= 11 is 0. The molecule has 1 aliphatic rings. The fourth-order valence-corrected chi connectivity index (χ4v) is 1.64. The molecule has 0 saturated carbocycles. The zero-order chi connectivity index (χ0) is 8.32. The molecule has 1 fully saturated rings. The molecule has 0 aromatic carbocycles. The van der Waals surface area contributed by atoms with Crippen LogP contribution in [0, 0.1) is 5.41 Å². The van der Waals surface area contributed by atoms with E-state index in [2.05, 4.69) is 17.6 Å². The molecule has 64 valence electrons. The number of quaternary nitrogens is 1. The first-order valence-corrected chi connectivity index (χ1v) is 4.23. The van der Waals surface area contributed by atoms with Crippen molar-refractivity contribution in [1.29, 1.82) is 0 Å². The Morgan fingerprint density at radius 3 is 2.45 bits per heavy atom. The summed E-state index contributed by atoms with van der Waals surface area (Å²) in [5.74, 6) is 0.200. The predicted octanol–water partition coefficient (Wildman–Crippen LogP) is -0.904. The summed E-state index contributed by atoms with van der Waals surface area (Å²) in [5, 5.41) is 4.99. The van der Waals surface area contributed by atoms with Crippen molar-refractivity contribution in [3.8, 4) is 0 Å². The maximum Gasteiger partial charge on any atom is 0.226 e. The van der Waals surface area contributed by atoms with Crippen LogP contribution >= 0.6 is 0 Å². The molecule has 11 heavy (non-hydrogen) atoms. The summed E-state index contributed by atoms with van der Waals surface area (Å²) in [6, 6.07) is 0. The molecule has 0 aromatic rings. The van der Waals surface area contributed by atoms with Crippen molar-refractivity contribution >= 4 is 5.91 Å². The van der Waals surface area contributed by atoms with Gasteiger partial charge in [0.05, 0.1) is 18.5 Å². The smallest absolute Gasteiger partial charge is 0.226 e. The van der Waals surface area contributed by atoms with Gasteiger partial charge in [-0.05, 0) is 0 Å². The minimum absolute atomic E-state index is 0.0937. The zero-order valence-corrected chi connectivity index (χ0v) is 7.31. The maximum atomic E-state index is 11.4. The van der Waals surface area contributed by atoms with Crippen LogP contribution in [0.2, 0.25) is 0 Å². The van der Waals surface area contributed by atoms with E-state index < -0.39 is 0 Å². The van der Waals surface area contributed by atoms with Gasteiger partial charge in [0, 0.05) is 19.9 Å². The maximum absolute atomic E-state index is 11.4. The molecule has 0 aromatic heterocycles. The average Bonchev–Trinajstić information content (AvgIpc) is 2.04. The van der Waals surface area contributed by atoms with E-state index in [0.717, 1.165) is 25.9 Å². The number of carbonyl (C=O) groups is 1. The second-order valence-electron chi connectivity index (χ2n) is 3.51. The monoisotopic (exact) mass is 157 g/mol. The lowest BCUT2D eigenvalue weighted by Crippen LogP contribution is -2.87. The molecule has 0 bridgehead atoms. The highest BCUT2D eigenvalue weighted by molar-refractivity contribution is 5.81. The molecule has 1 amide bonds. The second kappa shape index (κ2) is 3.22. The van der Waals surface area contributed by atoms with Crippen LogP contribution in [0.5, 0.6) is 0 Å². The van der Waals surface area contributed by atoms with Gasteiger partial charge in [0.15, 0.2) is 0 Å². The molecular formula is C8H17N2O+. The van der Waals surface area contributed by atoms with Crippen molar-refractivity contribution in [3.63, 3.8) is 0 Å². The molecule has 1 rings (SSSR count). The third-order valence-electron chi connectivity index (χ3n) is 2.58. The van der Waals surface area contributed by atoms with E-state index in [4.69, 9.17) is 0 Å². The van der Waals surface area contributed by atoms with E-state index in [0.29, 0.717) is 0 Å². The highest BCUT2D eigenvalue weighted by Gasteiger charge is 2.35. The van der Waals surface area contributed by atoms with E-state index in [1.807, 2.05) is 0 Å². The van der Waals surface area contributed by atoms with Gasteiger partial charge in [-0.1, -0.05) is 6.92 Å². The van der Waals surface area contributed by atoms with E-state index >= 15 is 0 Å². The number of nitrogens with two attached hydrogens (primary N) is 1. The first-order valence-electron chi connectivity index (χ1n) is 4.23. The molecule has 1 saturated heterocycles. The van der Waals surface area contributed by atoms with Crippen LogP contribution in [0.15, 0.2) is 0 Å². The van der Waals surface area contributed by atoms with E-state index in [-0.39, 0.29) is 11.3 Å². The third kappa shape index (κ3) is 1.71. The molecular weight excluding hydrogens is 140 g/mol. The first kappa shape index (κ1) is 8.53. The van der Waals surface area contributed by atoms with Crippen LogP contribution in [-0.2, 0) is 4.79 Å². The molecule has 0 unspecified atom stereocenters. The van der Waals surface area contributed by atoms with Gasteiger partial charge in [-0.3, -0.25) is 4.79 Å². The van der Waals surface area contributed by atoms with Crippen LogP contribution in [0.25, 0.3) is 0 Å². The quantitative estimate of drug-likeness (QED) is 0.509. The SMILES string of the molecule is CNC(=O)C1(C)CC[NH2+]CC1. The summed E-state index contributed by atoms with van der Waals surface area (Å²) in [7, 11) is 1.71. The summed E-state index contributed by atoms with van der Waals surface area (Å²) in [6.45, 7) is 4.23. The van der Waals surface area contributed by atoms with Crippen molar-refractivity contribution in [1.82, 2.24) is 5.32 Å². The molecule has 0 aliphatic carbocycles. The van der Waals surface area contributed by atoms with Crippen molar-refractivity contribution < 1.29 is 10.1 Å². The Hall–Kier alpha value is -0.570. The molecule has 0 spiro atoms. The number of nitrogens with one attached hydrogen (secondary N) is 1. The van der Waals surface area contributed by atoms with Gasteiger partial charge in [0.1, 0.15) is 0 Å². The number of carbonyl (C=O) groups excluding carboxylic acids is 1. The normalized spacial score (nSPS) is 22.7. The van der Waals surface area contributed by atoms with Gasteiger partial charge in [-0.25, -0.2) is 0 Å². The average molecular weight is 157 g/mol. The zero-order valence-electron chi connectivity index (χ0n) is 7.31. The summed E-state index contributed by atoms with van der Waals surface area (Å²) in [4.78, 5) is 11.4. The standard InChI is InChI=1S/C8H16N2O/c1-8(7(11)9-2)3-5-10-6-4-8/h10H,3-6H2,1-2H3,(H,9,11)/p+1. The van der Waals surface area contributed by atoms with Gasteiger partial charge in [-0.15, -0.1) is 0 Å². The van der Waals surface area contributed by atoms with Crippen LogP contribution in [0.1, 0.15) is 19.8 Å². The van der Waals surface area contributed by atoms with Crippen LogP contribution in [0.3, 0.4) is 0 Å². The van der Waals surface area contributed by atoms with Gasteiger partial charge < -0.3 is 10.6 Å². The Balaban J connectivity index is 2.56. The lowest BCUT2D eigenvalue weighted by Gasteiger charge is -2.29.